The maximum atomic E-state index is 11.6. The predicted octanol–water partition coefficient (Wildman–Crippen LogP) is 2.56. The molecule has 1 N–H and O–H groups in total. The molecule has 0 spiro atoms. The molecule has 0 aromatic carbocycles. The normalized spacial score (nSPS) is 12.1. The molecule has 1 aromatic rings. The fourth-order valence-electron chi connectivity index (χ4n) is 0.983. The fraction of sp³-hybridized carbons (Fsp3) is 0.444. The fourth-order valence-corrected chi connectivity index (χ4v) is 1.88. The molecule has 1 aromatic heterocycles. The van der Waals surface area contributed by atoms with Crippen molar-refractivity contribution in [3.05, 3.63) is 27.1 Å². The highest BCUT2D eigenvalue weighted by Crippen LogP contribution is 2.23. The topological polar surface area (TPSA) is 72.2 Å². The third-order valence-electron chi connectivity index (χ3n) is 1.92. The van der Waals surface area contributed by atoms with Gasteiger partial charge in [-0.1, -0.05) is 34.2 Å². The summed E-state index contributed by atoms with van der Waals surface area (Å²) in [6.07, 6.45) is 0.908. The van der Waals surface area contributed by atoms with Gasteiger partial charge in [0.15, 0.2) is 0 Å². The molecule has 0 fully saturated rings. The Bertz CT molecular complexity index is 394. The van der Waals surface area contributed by atoms with Crippen molar-refractivity contribution in [2.24, 2.45) is 0 Å². The summed E-state index contributed by atoms with van der Waals surface area (Å²) in [7, 11) is 0. The van der Waals surface area contributed by atoms with Crippen LogP contribution in [0, 0.1) is 10.1 Å². The zero-order chi connectivity index (χ0) is 12.1. The smallest absolute Gasteiger partial charge is 0.324 e. The summed E-state index contributed by atoms with van der Waals surface area (Å²) in [5.41, 5.74) is 0. The molecular formula is C9H11BrN2O3S. The van der Waals surface area contributed by atoms with Crippen molar-refractivity contribution in [1.29, 1.82) is 0 Å². The van der Waals surface area contributed by atoms with Crippen LogP contribution in [0.4, 0.5) is 5.00 Å². The van der Waals surface area contributed by atoms with E-state index < -0.39 is 4.92 Å². The van der Waals surface area contributed by atoms with Crippen molar-refractivity contribution in [3.8, 4) is 0 Å². The van der Waals surface area contributed by atoms with Crippen molar-refractivity contribution in [3.63, 3.8) is 0 Å². The van der Waals surface area contributed by atoms with Crippen LogP contribution in [0.15, 0.2) is 12.1 Å². The molecule has 1 rings (SSSR count). The molecule has 0 aliphatic rings. The van der Waals surface area contributed by atoms with E-state index in [1.165, 1.54) is 12.1 Å². The zero-order valence-corrected chi connectivity index (χ0v) is 11.0. The summed E-state index contributed by atoms with van der Waals surface area (Å²) in [5, 5.41) is 13.1. The first-order valence-corrected chi connectivity index (χ1v) is 6.44. The van der Waals surface area contributed by atoms with Gasteiger partial charge in [0, 0.05) is 17.4 Å². The Labute approximate surface area is 105 Å². The summed E-state index contributed by atoms with van der Waals surface area (Å²) >= 11 is 4.27. The van der Waals surface area contributed by atoms with Crippen LogP contribution in [0.1, 0.15) is 23.0 Å². The van der Waals surface area contributed by atoms with Crippen LogP contribution in [0.3, 0.4) is 0 Å². The summed E-state index contributed by atoms with van der Waals surface area (Å²) in [6, 6.07) is 2.80. The molecule has 0 saturated heterocycles. The van der Waals surface area contributed by atoms with Crippen LogP contribution in [0.25, 0.3) is 0 Å². The largest absolute Gasteiger partial charge is 0.350 e. The SMILES string of the molecule is CCC(Br)CNC(=O)c1ccc([N+](=O)[O-])s1. The molecular weight excluding hydrogens is 296 g/mol. The molecule has 7 heteroatoms. The second kappa shape index (κ2) is 5.95. The zero-order valence-electron chi connectivity index (χ0n) is 8.60. The lowest BCUT2D eigenvalue weighted by Crippen LogP contribution is -2.28. The minimum atomic E-state index is -0.499. The van der Waals surface area contributed by atoms with Crippen molar-refractivity contribution in [2.75, 3.05) is 6.54 Å². The number of hydrogen-bond donors (Lipinski definition) is 1. The van der Waals surface area contributed by atoms with Gasteiger partial charge in [-0.05, 0) is 12.5 Å². The van der Waals surface area contributed by atoms with Crippen LogP contribution in [-0.2, 0) is 0 Å². The molecule has 1 unspecified atom stereocenters. The molecule has 0 aliphatic carbocycles. The minimum Gasteiger partial charge on any atom is -0.350 e. The van der Waals surface area contributed by atoms with Gasteiger partial charge < -0.3 is 5.32 Å². The van der Waals surface area contributed by atoms with Gasteiger partial charge in [0.25, 0.3) is 5.91 Å². The number of alkyl halides is 1. The van der Waals surface area contributed by atoms with Crippen LogP contribution >= 0.6 is 27.3 Å². The third-order valence-corrected chi connectivity index (χ3v) is 3.93. The lowest BCUT2D eigenvalue weighted by molar-refractivity contribution is -0.380. The number of thiophene rings is 1. The Morgan fingerprint density at radius 2 is 2.38 bits per heavy atom. The van der Waals surface area contributed by atoms with Crippen LogP contribution < -0.4 is 5.32 Å². The Morgan fingerprint density at radius 1 is 1.69 bits per heavy atom. The summed E-state index contributed by atoms with van der Waals surface area (Å²) in [5.74, 6) is -0.268. The molecule has 88 valence electrons. The quantitative estimate of drug-likeness (QED) is 0.516. The Morgan fingerprint density at radius 3 is 2.88 bits per heavy atom. The summed E-state index contributed by atoms with van der Waals surface area (Å²) in [6.45, 7) is 2.52. The van der Waals surface area contributed by atoms with E-state index in [0.717, 1.165) is 17.8 Å². The molecule has 0 radical (unpaired) electrons. The molecule has 16 heavy (non-hydrogen) atoms. The van der Waals surface area contributed by atoms with E-state index in [4.69, 9.17) is 0 Å². The maximum Gasteiger partial charge on any atom is 0.324 e. The number of rotatable bonds is 5. The van der Waals surface area contributed by atoms with E-state index in [0.29, 0.717) is 11.4 Å². The summed E-state index contributed by atoms with van der Waals surface area (Å²) in [4.78, 5) is 22.1. The number of nitrogens with zero attached hydrogens (tertiary/aromatic N) is 1. The highest BCUT2D eigenvalue weighted by molar-refractivity contribution is 9.09. The second-order valence-corrected chi connectivity index (χ2v) is 5.47. The Kier molecular flexibility index (Phi) is 4.88. The predicted molar refractivity (Wildman–Crippen MR) is 66.3 cm³/mol. The number of nitro groups is 1. The van der Waals surface area contributed by atoms with Crippen LogP contribution in [0.2, 0.25) is 0 Å². The van der Waals surface area contributed by atoms with Gasteiger partial charge in [-0.2, -0.15) is 0 Å². The van der Waals surface area contributed by atoms with Crippen molar-refractivity contribution >= 4 is 38.2 Å². The number of amides is 1. The van der Waals surface area contributed by atoms with Gasteiger partial charge >= 0.3 is 5.00 Å². The van der Waals surface area contributed by atoms with Gasteiger partial charge in [0.05, 0.1) is 9.80 Å². The van der Waals surface area contributed by atoms with Gasteiger partial charge in [0.2, 0.25) is 0 Å². The Balaban J connectivity index is 2.56. The molecule has 1 atom stereocenters. The average molecular weight is 307 g/mol. The molecule has 1 amide bonds. The van der Waals surface area contributed by atoms with E-state index in [1.807, 2.05) is 6.92 Å². The number of hydrogen-bond acceptors (Lipinski definition) is 4. The third kappa shape index (κ3) is 3.57. The second-order valence-electron chi connectivity index (χ2n) is 3.11. The van der Waals surface area contributed by atoms with E-state index in [1.54, 1.807) is 0 Å². The van der Waals surface area contributed by atoms with Crippen LogP contribution in [0.5, 0.6) is 0 Å². The number of halogens is 1. The lowest BCUT2D eigenvalue weighted by atomic mass is 10.3. The molecule has 1 heterocycles. The highest BCUT2D eigenvalue weighted by atomic mass is 79.9. The van der Waals surface area contributed by atoms with Crippen molar-refractivity contribution in [1.82, 2.24) is 5.32 Å². The van der Waals surface area contributed by atoms with Gasteiger partial charge in [-0.25, -0.2) is 0 Å². The van der Waals surface area contributed by atoms with E-state index in [2.05, 4.69) is 21.2 Å². The molecule has 0 bridgehead atoms. The van der Waals surface area contributed by atoms with E-state index in [-0.39, 0.29) is 15.7 Å². The van der Waals surface area contributed by atoms with Gasteiger partial charge in [-0.3, -0.25) is 14.9 Å². The first-order valence-electron chi connectivity index (χ1n) is 4.71. The number of nitrogens with one attached hydrogen (secondary N) is 1. The molecule has 0 saturated carbocycles. The monoisotopic (exact) mass is 306 g/mol. The standard InChI is InChI=1S/C9H11BrN2O3S/c1-2-6(10)5-11-9(13)7-3-4-8(16-7)12(14)15/h3-4,6H,2,5H2,1H3,(H,11,13). The van der Waals surface area contributed by atoms with Gasteiger partial charge in [-0.15, -0.1) is 0 Å². The molecule has 5 nitrogen and oxygen atoms in total. The average Bonchev–Trinajstić information content (AvgIpc) is 2.74. The van der Waals surface area contributed by atoms with E-state index in [9.17, 15) is 14.9 Å². The first-order chi connectivity index (χ1) is 7.54. The maximum absolute atomic E-state index is 11.6. The minimum absolute atomic E-state index is 0.0176. The first kappa shape index (κ1) is 13.1. The van der Waals surface area contributed by atoms with Crippen molar-refractivity contribution in [2.45, 2.75) is 18.2 Å². The van der Waals surface area contributed by atoms with Gasteiger partial charge in [0.1, 0.15) is 0 Å². The van der Waals surface area contributed by atoms with Crippen molar-refractivity contribution < 1.29 is 9.72 Å². The Hall–Kier alpha value is -0.950. The van der Waals surface area contributed by atoms with E-state index >= 15 is 0 Å². The highest BCUT2D eigenvalue weighted by Gasteiger charge is 2.15. The molecule has 0 aliphatic heterocycles. The number of carbonyl (C=O) groups is 1. The number of carbonyl (C=O) groups excluding carboxylic acids is 1. The van der Waals surface area contributed by atoms with Crippen LogP contribution in [-0.4, -0.2) is 22.2 Å². The summed E-state index contributed by atoms with van der Waals surface area (Å²) < 4.78 is 0. The lowest BCUT2D eigenvalue weighted by Gasteiger charge is -2.07.